The quantitative estimate of drug-likeness (QED) is 0.267. The fraction of sp³-hybridized carbons (Fsp3) is 0.500. The topological polar surface area (TPSA) is 123 Å². The molecule has 1 heterocycles. The van der Waals surface area contributed by atoms with Gasteiger partial charge in [-0.1, -0.05) is 19.1 Å². The number of nitrogens with zero attached hydrogens (tertiary/aromatic N) is 4. The monoisotopic (exact) mass is 423 g/mol. The van der Waals surface area contributed by atoms with E-state index in [2.05, 4.69) is 30.5 Å². The minimum absolute atomic E-state index is 0.218. The molecule has 1 aromatic heterocycles. The van der Waals surface area contributed by atoms with Crippen LogP contribution in [0.4, 0.5) is 0 Å². The molecule has 29 heavy (non-hydrogen) atoms. The van der Waals surface area contributed by atoms with Crippen LogP contribution in [0, 0.1) is 0 Å². The summed E-state index contributed by atoms with van der Waals surface area (Å²) in [4.78, 5) is 4.41. The summed E-state index contributed by atoms with van der Waals surface area (Å²) >= 11 is 0. The molecule has 0 fully saturated rings. The Morgan fingerprint density at radius 1 is 1.28 bits per heavy atom. The van der Waals surface area contributed by atoms with E-state index < -0.39 is 10.0 Å². The summed E-state index contributed by atoms with van der Waals surface area (Å²) in [5.74, 6) is 1.56. The van der Waals surface area contributed by atoms with Crippen molar-refractivity contribution in [1.82, 2.24) is 30.1 Å². The van der Waals surface area contributed by atoms with E-state index in [1.165, 1.54) is 7.11 Å². The molecule has 0 aliphatic heterocycles. The highest BCUT2D eigenvalue weighted by Gasteiger charge is 2.13. The summed E-state index contributed by atoms with van der Waals surface area (Å²) in [6.07, 6.45) is 2.54. The Morgan fingerprint density at radius 2 is 2.10 bits per heavy atom. The number of nitrogens with one attached hydrogen (secondary N) is 3. The predicted molar refractivity (Wildman–Crippen MR) is 111 cm³/mol. The number of hydrogen-bond donors (Lipinski definition) is 3. The Balaban J connectivity index is 1.87. The van der Waals surface area contributed by atoms with Gasteiger partial charge >= 0.3 is 0 Å². The van der Waals surface area contributed by atoms with Crippen molar-refractivity contribution in [3.05, 3.63) is 42.0 Å². The Kier molecular flexibility index (Phi) is 9.03. The molecule has 2 rings (SSSR count). The van der Waals surface area contributed by atoms with Crippen LogP contribution in [0.1, 0.15) is 18.3 Å². The predicted octanol–water partition coefficient (Wildman–Crippen LogP) is 0.130. The van der Waals surface area contributed by atoms with E-state index in [0.717, 1.165) is 24.4 Å². The van der Waals surface area contributed by atoms with Gasteiger partial charge in [-0.15, -0.1) is 10.2 Å². The first-order chi connectivity index (χ1) is 14.0. The highest BCUT2D eigenvalue weighted by molar-refractivity contribution is 7.89. The molecule has 0 saturated carbocycles. The number of hydrogen-bond acceptors (Lipinski definition) is 6. The number of benzene rings is 1. The molecule has 0 amide bonds. The van der Waals surface area contributed by atoms with Gasteiger partial charge in [0.05, 0.1) is 11.5 Å². The van der Waals surface area contributed by atoms with Gasteiger partial charge in [-0.25, -0.2) is 13.1 Å². The molecule has 10 nitrogen and oxygen atoms in total. The molecule has 0 aliphatic rings. The van der Waals surface area contributed by atoms with Gasteiger partial charge in [-0.3, -0.25) is 4.99 Å². The van der Waals surface area contributed by atoms with E-state index in [0.29, 0.717) is 25.7 Å². The van der Waals surface area contributed by atoms with Gasteiger partial charge in [-0.2, -0.15) is 0 Å². The first-order valence-corrected chi connectivity index (χ1v) is 10.9. The van der Waals surface area contributed by atoms with Gasteiger partial charge in [0, 0.05) is 46.8 Å². The van der Waals surface area contributed by atoms with Crippen LogP contribution in [0.3, 0.4) is 0 Å². The van der Waals surface area contributed by atoms with Crippen LogP contribution in [0.25, 0.3) is 0 Å². The molecule has 0 saturated heterocycles. The number of aryl methyl sites for hydroxylation is 1. The number of ether oxygens (including phenoxy) is 1. The van der Waals surface area contributed by atoms with Crippen molar-refractivity contribution in [3.8, 4) is 0 Å². The summed E-state index contributed by atoms with van der Waals surface area (Å²) in [6, 6.07) is 6.78. The Bertz CT molecular complexity index is 896. The fourth-order valence-corrected chi connectivity index (χ4v) is 3.71. The van der Waals surface area contributed by atoms with Gasteiger partial charge < -0.3 is 19.9 Å². The largest absolute Gasteiger partial charge is 0.383 e. The Hall–Kier alpha value is -2.50. The van der Waals surface area contributed by atoms with E-state index in [-0.39, 0.29) is 11.4 Å². The van der Waals surface area contributed by atoms with Crippen molar-refractivity contribution in [2.75, 3.05) is 33.9 Å². The number of aromatic nitrogens is 3. The van der Waals surface area contributed by atoms with Crippen molar-refractivity contribution in [2.24, 2.45) is 4.99 Å². The second kappa shape index (κ2) is 11.5. The standard InChI is InChI=1S/C18H29N7O3S/c1-4-17-24-22-14-25(17)10-8-20-18(19-2)21-13-15-6-5-7-16(12-15)29(26,27)23-9-11-28-3/h5-7,12,14,23H,4,8-11,13H2,1-3H3,(H2,19,20,21). The highest BCUT2D eigenvalue weighted by atomic mass is 32.2. The van der Waals surface area contributed by atoms with E-state index >= 15 is 0 Å². The normalized spacial score (nSPS) is 12.2. The lowest BCUT2D eigenvalue weighted by molar-refractivity contribution is 0.204. The van der Waals surface area contributed by atoms with Crippen LogP contribution in [0.15, 0.2) is 40.5 Å². The third kappa shape index (κ3) is 7.11. The lowest BCUT2D eigenvalue weighted by atomic mass is 10.2. The zero-order valence-corrected chi connectivity index (χ0v) is 17.9. The Labute approximate surface area is 171 Å². The Morgan fingerprint density at radius 3 is 2.83 bits per heavy atom. The average Bonchev–Trinajstić information content (AvgIpc) is 3.18. The SMILES string of the molecule is CCc1nncn1CCNC(=NC)NCc1cccc(S(=O)(=O)NCCOC)c1. The van der Waals surface area contributed by atoms with Crippen LogP contribution in [-0.4, -0.2) is 63.0 Å². The summed E-state index contributed by atoms with van der Waals surface area (Å²) in [5, 5.41) is 14.4. The van der Waals surface area contributed by atoms with E-state index in [1.54, 1.807) is 31.6 Å². The molecule has 160 valence electrons. The van der Waals surface area contributed by atoms with Crippen molar-refractivity contribution in [3.63, 3.8) is 0 Å². The number of sulfonamides is 1. The number of rotatable bonds is 11. The van der Waals surface area contributed by atoms with Gasteiger partial charge in [0.1, 0.15) is 12.2 Å². The van der Waals surface area contributed by atoms with Gasteiger partial charge in [0.15, 0.2) is 5.96 Å². The third-order valence-electron chi connectivity index (χ3n) is 4.15. The fourth-order valence-electron chi connectivity index (χ4n) is 2.62. The molecule has 2 aromatic rings. The molecular formula is C18H29N7O3S. The maximum Gasteiger partial charge on any atom is 0.240 e. The molecule has 0 bridgehead atoms. The van der Waals surface area contributed by atoms with Crippen molar-refractivity contribution in [1.29, 1.82) is 0 Å². The second-order valence-corrected chi connectivity index (χ2v) is 7.95. The molecule has 0 spiro atoms. The highest BCUT2D eigenvalue weighted by Crippen LogP contribution is 2.11. The average molecular weight is 424 g/mol. The summed E-state index contributed by atoms with van der Waals surface area (Å²) < 4.78 is 34.0. The molecule has 0 atom stereocenters. The molecular weight excluding hydrogens is 394 g/mol. The van der Waals surface area contributed by atoms with Gasteiger partial charge in [0.25, 0.3) is 0 Å². The molecule has 1 aromatic carbocycles. The first-order valence-electron chi connectivity index (χ1n) is 9.39. The van der Waals surface area contributed by atoms with Crippen LogP contribution in [-0.2, 0) is 34.3 Å². The third-order valence-corrected chi connectivity index (χ3v) is 5.61. The minimum atomic E-state index is -3.56. The van der Waals surface area contributed by atoms with Crippen molar-refractivity contribution in [2.45, 2.75) is 31.3 Å². The summed E-state index contributed by atoms with van der Waals surface area (Å²) in [7, 11) is -0.352. The van der Waals surface area contributed by atoms with Gasteiger partial charge in [0.2, 0.25) is 10.0 Å². The van der Waals surface area contributed by atoms with Crippen molar-refractivity contribution >= 4 is 16.0 Å². The van der Waals surface area contributed by atoms with E-state index in [4.69, 9.17) is 4.74 Å². The van der Waals surface area contributed by atoms with Gasteiger partial charge in [-0.05, 0) is 17.7 Å². The van der Waals surface area contributed by atoms with Crippen LogP contribution in [0.5, 0.6) is 0 Å². The number of guanidine groups is 1. The lowest BCUT2D eigenvalue weighted by Gasteiger charge is -2.13. The molecule has 0 aliphatic carbocycles. The van der Waals surface area contributed by atoms with Crippen LogP contribution < -0.4 is 15.4 Å². The molecule has 11 heteroatoms. The maximum atomic E-state index is 12.3. The lowest BCUT2D eigenvalue weighted by Crippen LogP contribution is -2.38. The van der Waals surface area contributed by atoms with E-state index in [9.17, 15) is 8.42 Å². The maximum absolute atomic E-state index is 12.3. The van der Waals surface area contributed by atoms with Crippen molar-refractivity contribution < 1.29 is 13.2 Å². The minimum Gasteiger partial charge on any atom is -0.383 e. The smallest absolute Gasteiger partial charge is 0.240 e. The van der Waals surface area contributed by atoms with Crippen LogP contribution in [0.2, 0.25) is 0 Å². The molecule has 3 N–H and O–H groups in total. The second-order valence-electron chi connectivity index (χ2n) is 6.18. The summed E-state index contributed by atoms with van der Waals surface area (Å²) in [6.45, 7) is 4.39. The molecule has 0 unspecified atom stereocenters. The number of aliphatic imine (C=N–C) groups is 1. The summed E-state index contributed by atoms with van der Waals surface area (Å²) in [5.41, 5.74) is 0.828. The van der Waals surface area contributed by atoms with Crippen LogP contribution >= 0.6 is 0 Å². The first kappa shape index (κ1) is 22.8. The van der Waals surface area contributed by atoms with E-state index in [1.807, 2.05) is 17.6 Å². The zero-order valence-electron chi connectivity index (χ0n) is 17.1. The number of methoxy groups -OCH3 is 1. The molecule has 0 radical (unpaired) electrons. The zero-order chi connectivity index (χ0) is 21.1.